The molecule has 0 radical (unpaired) electrons. The third kappa shape index (κ3) is 3.62. The van der Waals surface area contributed by atoms with Crippen LogP contribution in [0.3, 0.4) is 0 Å². The summed E-state index contributed by atoms with van der Waals surface area (Å²) in [5, 5.41) is 0. The summed E-state index contributed by atoms with van der Waals surface area (Å²) in [4.78, 5) is 3.25. The number of aromatic nitrogens is 2. The molecule has 25 heavy (non-hydrogen) atoms. The van der Waals surface area contributed by atoms with Crippen LogP contribution >= 0.6 is 0 Å². The van der Waals surface area contributed by atoms with Crippen LogP contribution < -0.4 is 0 Å². The minimum atomic E-state index is -4.80. The van der Waals surface area contributed by atoms with Gasteiger partial charge in [-0.15, -0.1) is 0 Å². The maximum Gasteiger partial charge on any atom is 0.435 e. The van der Waals surface area contributed by atoms with Crippen molar-refractivity contribution in [3.05, 3.63) is 35.4 Å². The first-order valence-electron chi connectivity index (χ1n) is 7.92. The summed E-state index contributed by atoms with van der Waals surface area (Å²) in [5.41, 5.74) is -0.826. The SMILES string of the molecule is CC(C)(C)[C@H]1C[C@@H]1c1ccc2c(C(F)(F)F)nc(CC(F)(F)F)n2c1. The topological polar surface area (TPSA) is 17.3 Å². The van der Waals surface area contributed by atoms with Gasteiger partial charge >= 0.3 is 12.4 Å². The van der Waals surface area contributed by atoms with E-state index in [1.807, 2.05) is 0 Å². The summed E-state index contributed by atoms with van der Waals surface area (Å²) in [5.74, 6) is -0.119. The van der Waals surface area contributed by atoms with E-state index in [-0.39, 0.29) is 16.8 Å². The van der Waals surface area contributed by atoms with Crippen LogP contribution in [0, 0.1) is 11.3 Å². The second-order valence-electron chi connectivity index (χ2n) is 7.70. The van der Waals surface area contributed by atoms with Gasteiger partial charge in [0, 0.05) is 6.20 Å². The number of nitrogens with zero attached hydrogens (tertiary/aromatic N) is 2. The molecule has 8 heteroatoms. The molecule has 0 amide bonds. The van der Waals surface area contributed by atoms with Gasteiger partial charge in [-0.25, -0.2) is 4.98 Å². The molecule has 3 rings (SSSR count). The number of hydrogen-bond acceptors (Lipinski definition) is 1. The predicted octanol–water partition coefficient (Wildman–Crippen LogP) is 5.61. The van der Waals surface area contributed by atoms with E-state index in [1.54, 1.807) is 6.07 Å². The number of imidazole rings is 1. The Kier molecular flexibility index (Phi) is 3.89. The number of rotatable bonds is 2. The summed E-state index contributed by atoms with van der Waals surface area (Å²) in [6.07, 6.45) is -8.67. The van der Waals surface area contributed by atoms with E-state index in [9.17, 15) is 26.3 Å². The fourth-order valence-electron chi connectivity index (χ4n) is 3.42. The molecule has 2 atom stereocenters. The van der Waals surface area contributed by atoms with Crippen molar-refractivity contribution in [2.75, 3.05) is 0 Å². The number of hydrogen-bond donors (Lipinski definition) is 0. The van der Waals surface area contributed by atoms with Crippen molar-refractivity contribution < 1.29 is 26.3 Å². The molecule has 0 N–H and O–H groups in total. The van der Waals surface area contributed by atoms with E-state index >= 15 is 0 Å². The van der Waals surface area contributed by atoms with Crippen molar-refractivity contribution in [3.63, 3.8) is 0 Å². The minimum absolute atomic E-state index is 0.0422. The third-order valence-electron chi connectivity index (χ3n) is 4.69. The quantitative estimate of drug-likeness (QED) is 0.634. The second kappa shape index (κ2) is 5.38. The molecule has 1 fully saturated rings. The van der Waals surface area contributed by atoms with Gasteiger partial charge < -0.3 is 4.40 Å². The summed E-state index contributed by atoms with van der Waals surface area (Å²) in [7, 11) is 0. The van der Waals surface area contributed by atoms with E-state index in [4.69, 9.17) is 0 Å². The van der Waals surface area contributed by atoms with Crippen LogP contribution in [-0.2, 0) is 12.6 Å². The monoisotopic (exact) mass is 364 g/mol. The first kappa shape index (κ1) is 18.1. The summed E-state index contributed by atoms with van der Waals surface area (Å²) in [6, 6.07) is 2.79. The highest BCUT2D eigenvalue weighted by Crippen LogP contribution is 2.56. The largest absolute Gasteiger partial charge is 0.435 e. The molecule has 2 nitrogen and oxygen atoms in total. The van der Waals surface area contributed by atoms with Gasteiger partial charge in [0.1, 0.15) is 12.2 Å². The van der Waals surface area contributed by atoms with Gasteiger partial charge in [0.2, 0.25) is 0 Å². The molecule has 0 aliphatic heterocycles. The zero-order valence-electron chi connectivity index (χ0n) is 14.0. The number of pyridine rings is 1. The molecule has 1 aliphatic rings. The van der Waals surface area contributed by atoms with E-state index < -0.39 is 30.3 Å². The first-order valence-corrected chi connectivity index (χ1v) is 7.92. The van der Waals surface area contributed by atoms with Crippen molar-refractivity contribution in [2.24, 2.45) is 11.3 Å². The lowest BCUT2D eigenvalue weighted by atomic mass is 9.88. The summed E-state index contributed by atoms with van der Waals surface area (Å²) >= 11 is 0. The predicted molar refractivity (Wildman–Crippen MR) is 80.3 cm³/mol. The van der Waals surface area contributed by atoms with Crippen LogP contribution in [0.4, 0.5) is 26.3 Å². The van der Waals surface area contributed by atoms with Crippen molar-refractivity contribution in [2.45, 2.75) is 51.9 Å². The zero-order chi connectivity index (χ0) is 18.8. The number of fused-ring (bicyclic) bond motifs is 1. The molecule has 0 aromatic carbocycles. The molecule has 2 aromatic heterocycles. The Balaban J connectivity index is 2.07. The molecule has 0 spiro atoms. The highest BCUT2D eigenvalue weighted by atomic mass is 19.4. The molecular formula is C17H18F6N2. The molecule has 2 heterocycles. The Morgan fingerprint density at radius 2 is 1.72 bits per heavy atom. The van der Waals surface area contributed by atoms with Gasteiger partial charge in [0.15, 0.2) is 5.69 Å². The number of alkyl halides is 6. The summed E-state index contributed by atoms with van der Waals surface area (Å²) < 4.78 is 78.4. The highest BCUT2D eigenvalue weighted by molar-refractivity contribution is 5.56. The molecule has 2 aromatic rings. The average Bonchev–Trinajstić information content (AvgIpc) is 3.14. The highest BCUT2D eigenvalue weighted by Gasteiger charge is 2.46. The van der Waals surface area contributed by atoms with Gasteiger partial charge in [-0.3, -0.25) is 0 Å². The lowest BCUT2D eigenvalue weighted by Gasteiger charge is -2.18. The van der Waals surface area contributed by atoms with Crippen molar-refractivity contribution in [1.29, 1.82) is 0 Å². The third-order valence-corrected chi connectivity index (χ3v) is 4.69. The van der Waals surface area contributed by atoms with Gasteiger partial charge in [0.05, 0.1) is 5.52 Å². The van der Waals surface area contributed by atoms with Crippen LogP contribution in [0.25, 0.3) is 5.52 Å². The Morgan fingerprint density at radius 1 is 1.08 bits per heavy atom. The van der Waals surface area contributed by atoms with E-state index in [1.165, 1.54) is 12.3 Å². The smallest absolute Gasteiger partial charge is 0.303 e. The van der Waals surface area contributed by atoms with Gasteiger partial charge in [0.25, 0.3) is 0 Å². The Bertz CT molecular complexity index is 794. The fraction of sp³-hybridized carbons (Fsp3) is 0.588. The number of halogens is 6. The van der Waals surface area contributed by atoms with Crippen LogP contribution in [0.5, 0.6) is 0 Å². The molecule has 138 valence electrons. The lowest BCUT2D eigenvalue weighted by Crippen LogP contribution is -2.14. The molecule has 0 bridgehead atoms. The Labute approximate surface area is 140 Å². The Hall–Kier alpha value is -1.73. The summed E-state index contributed by atoms with van der Waals surface area (Å²) in [6.45, 7) is 6.22. The van der Waals surface area contributed by atoms with E-state index in [0.717, 1.165) is 16.4 Å². The molecule has 0 unspecified atom stereocenters. The van der Waals surface area contributed by atoms with Crippen LogP contribution in [0.15, 0.2) is 18.3 Å². The molecular weight excluding hydrogens is 346 g/mol. The molecule has 1 aliphatic carbocycles. The molecule has 0 saturated heterocycles. The fourth-order valence-corrected chi connectivity index (χ4v) is 3.42. The second-order valence-corrected chi connectivity index (χ2v) is 7.70. The van der Waals surface area contributed by atoms with Crippen molar-refractivity contribution in [3.8, 4) is 0 Å². The van der Waals surface area contributed by atoms with Gasteiger partial charge in [-0.2, -0.15) is 26.3 Å². The van der Waals surface area contributed by atoms with Crippen LogP contribution in [-0.4, -0.2) is 15.6 Å². The lowest BCUT2D eigenvalue weighted by molar-refractivity contribution is -0.141. The van der Waals surface area contributed by atoms with Gasteiger partial charge in [-0.1, -0.05) is 26.8 Å². The molecule has 1 saturated carbocycles. The van der Waals surface area contributed by atoms with Crippen molar-refractivity contribution in [1.82, 2.24) is 9.38 Å². The van der Waals surface area contributed by atoms with Crippen LogP contribution in [0.1, 0.15) is 50.2 Å². The Morgan fingerprint density at radius 3 is 2.20 bits per heavy atom. The van der Waals surface area contributed by atoms with E-state index in [2.05, 4.69) is 25.8 Å². The first-order chi connectivity index (χ1) is 11.3. The van der Waals surface area contributed by atoms with Crippen LogP contribution in [0.2, 0.25) is 0 Å². The zero-order valence-corrected chi connectivity index (χ0v) is 14.0. The minimum Gasteiger partial charge on any atom is -0.303 e. The normalized spacial score (nSPS) is 21.8. The maximum atomic E-state index is 13.1. The van der Waals surface area contributed by atoms with Gasteiger partial charge in [-0.05, 0) is 35.3 Å². The van der Waals surface area contributed by atoms with Crippen molar-refractivity contribution >= 4 is 5.52 Å². The maximum absolute atomic E-state index is 13.1. The van der Waals surface area contributed by atoms with E-state index in [0.29, 0.717) is 5.92 Å². The standard InChI is InChI=1S/C17H18F6N2/c1-15(2,3)11-6-10(11)9-4-5-12-14(17(21,22)23)24-13(25(12)8-9)7-16(18,19)20/h4-5,8,10-11H,6-7H2,1-3H3/t10-,11+/m1/s1. The average molecular weight is 364 g/mol.